The van der Waals surface area contributed by atoms with E-state index in [4.69, 9.17) is 24.3 Å². The number of hydrogen-bond acceptors (Lipinski definition) is 10. The van der Waals surface area contributed by atoms with Crippen LogP contribution >= 0.6 is 7.75 Å². The summed E-state index contributed by atoms with van der Waals surface area (Å²) in [5.41, 5.74) is 3.80. The van der Waals surface area contributed by atoms with Crippen LogP contribution < -0.4 is 15.3 Å². The van der Waals surface area contributed by atoms with Gasteiger partial charge < -0.3 is 29.7 Å². The van der Waals surface area contributed by atoms with Gasteiger partial charge in [-0.2, -0.15) is 5.09 Å². The molecule has 0 bridgehead atoms. The van der Waals surface area contributed by atoms with Gasteiger partial charge in [-0.1, -0.05) is 30.9 Å². The van der Waals surface area contributed by atoms with Gasteiger partial charge in [0.25, 0.3) is 0 Å². The predicted octanol–water partition coefficient (Wildman–Crippen LogP) is 2.76. The lowest BCUT2D eigenvalue weighted by molar-refractivity contribution is -0.149. The van der Waals surface area contributed by atoms with Gasteiger partial charge in [0.15, 0.2) is 12.4 Å². The zero-order chi connectivity index (χ0) is 27.4. The first-order valence-corrected chi connectivity index (χ1v) is 13.0. The average molecular weight is 539 g/mol. The first kappa shape index (κ1) is 28.5. The number of ether oxygens (including phenoxy) is 2. The number of nitrogens with zero attached hydrogens (tertiary/aromatic N) is 2. The molecule has 6 atom stereocenters. The summed E-state index contributed by atoms with van der Waals surface area (Å²) in [5, 5.41) is 13.3. The molecule has 2 aliphatic heterocycles. The van der Waals surface area contributed by atoms with Crippen molar-refractivity contribution in [1.29, 1.82) is 0 Å². The molecular weight excluding hydrogens is 506 g/mol. The number of halogens is 1. The average Bonchev–Trinajstić information content (AvgIpc) is 3.08. The Balaban J connectivity index is 1.82. The standard InChI is InChI=1S/C24H32FN4O7P/c1-6-24(21(30)20(25)22(35-24)29-13-12-19(26)27-17(29)5)14-33-37(32,36-18-10-8-7-9-11-18)28-16(4)23(31)34-15(2)3/h6-13,15-16,20-22,30H,1,5,14H2,2-4H3,(H2,26,27)(H,28,32)/t16?,20-,21+,22-,24-,37?/m1/s1. The molecule has 1 aromatic carbocycles. The zero-order valence-corrected chi connectivity index (χ0v) is 21.7. The maximum Gasteiger partial charge on any atom is 0.459 e. The molecule has 1 fully saturated rings. The van der Waals surface area contributed by atoms with E-state index in [0.29, 0.717) is 0 Å². The van der Waals surface area contributed by atoms with Crippen LogP contribution in [-0.2, 0) is 23.4 Å². The molecule has 1 saturated heterocycles. The molecule has 1 aromatic rings. The van der Waals surface area contributed by atoms with E-state index < -0.39 is 56.6 Å². The topological polar surface area (TPSA) is 145 Å². The van der Waals surface area contributed by atoms with Gasteiger partial charge in [-0.15, -0.1) is 6.58 Å². The number of aliphatic hydroxyl groups is 1. The van der Waals surface area contributed by atoms with Crippen LogP contribution in [0.25, 0.3) is 0 Å². The minimum absolute atomic E-state index is 0.0952. The van der Waals surface area contributed by atoms with Crippen molar-refractivity contribution in [3.63, 3.8) is 0 Å². The molecule has 0 saturated carbocycles. The number of aliphatic imine (C=N–C) groups is 1. The van der Waals surface area contributed by atoms with Gasteiger partial charge in [-0.25, -0.2) is 13.9 Å². The van der Waals surface area contributed by atoms with Crippen LogP contribution in [-0.4, -0.2) is 64.7 Å². The Kier molecular flexibility index (Phi) is 8.93. The number of carbonyl (C=O) groups excluding carboxylic acids is 1. The summed E-state index contributed by atoms with van der Waals surface area (Å²) in [6.07, 6.45) is -1.50. The number of benzene rings is 1. The van der Waals surface area contributed by atoms with Crippen molar-refractivity contribution >= 4 is 19.6 Å². The lowest BCUT2D eigenvalue weighted by Crippen LogP contribution is -2.45. The van der Waals surface area contributed by atoms with Crippen LogP contribution in [0.1, 0.15) is 20.8 Å². The number of nitrogens with two attached hydrogens (primary N) is 1. The first-order chi connectivity index (χ1) is 17.4. The fraction of sp³-hybridized carbons (Fsp3) is 0.417. The Bertz CT molecular complexity index is 1120. The van der Waals surface area contributed by atoms with Crippen molar-refractivity contribution in [3.05, 3.63) is 67.7 Å². The van der Waals surface area contributed by atoms with Crippen molar-refractivity contribution in [1.82, 2.24) is 9.99 Å². The summed E-state index contributed by atoms with van der Waals surface area (Å²) in [5.74, 6) is -0.249. The van der Waals surface area contributed by atoms with Gasteiger partial charge in [-0.3, -0.25) is 9.32 Å². The number of hydrogen-bond donors (Lipinski definition) is 3. The molecule has 37 heavy (non-hydrogen) atoms. The monoisotopic (exact) mass is 538 g/mol. The summed E-state index contributed by atoms with van der Waals surface area (Å²) >= 11 is 0. The number of alkyl halides is 1. The number of para-hydroxylation sites is 1. The molecule has 0 aromatic heterocycles. The highest BCUT2D eigenvalue weighted by atomic mass is 31.2. The highest BCUT2D eigenvalue weighted by molar-refractivity contribution is 7.52. The maximum atomic E-state index is 15.3. The molecule has 11 nitrogen and oxygen atoms in total. The maximum absolute atomic E-state index is 15.3. The number of rotatable bonds is 11. The van der Waals surface area contributed by atoms with E-state index in [2.05, 4.69) is 23.2 Å². The smallest absolute Gasteiger partial charge is 0.459 e. The highest BCUT2D eigenvalue weighted by Crippen LogP contribution is 2.48. The second-order valence-electron chi connectivity index (χ2n) is 8.74. The molecule has 4 N–H and O–H groups in total. The summed E-state index contributed by atoms with van der Waals surface area (Å²) in [7, 11) is -4.32. The van der Waals surface area contributed by atoms with Crippen LogP contribution in [0, 0.1) is 0 Å². The van der Waals surface area contributed by atoms with Gasteiger partial charge in [0, 0.05) is 6.20 Å². The highest BCUT2D eigenvalue weighted by Gasteiger charge is 2.57. The van der Waals surface area contributed by atoms with Gasteiger partial charge in [-0.05, 0) is 39.0 Å². The Labute approximate surface area is 215 Å². The second-order valence-corrected chi connectivity index (χ2v) is 10.4. The van der Waals surface area contributed by atoms with Crippen molar-refractivity contribution in [2.75, 3.05) is 6.61 Å². The molecule has 3 rings (SSSR count). The molecule has 202 valence electrons. The van der Waals surface area contributed by atoms with E-state index in [1.165, 1.54) is 36.2 Å². The Morgan fingerprint density at radius 1 is 1.41 bits per heavy atom. The summed E-state index contributed by atoms with van der Waals surface area (Å²) < 4.78 is 51.3. The van der Waals surface area contributed by atoms with E-state index in [1.54, 1.807) is 32.0 Å². The molecule has 0 spiro atoms. The van der Waals surface area contributed by atoms with E-state index in [0.717, 1.165) is 6.08 Å². The molecule has 0 radical (unpaired) electrons. The molecule has 2 aliphatic rings. The van der Waals surface area contributed by atoms with Gasteiger partial charge in [0.1, 0.15) is 35.2 Å². The van der Waals surface area contributed by atoms with Gasteiger partial charge in [0.05, 0.1) is 12.7 Å². The molecular formula is C24H32FN4O7P. The summed E-state index contributed by atoms with van der Waals surface area (Å²) in [4.78, 5) is 17.6. The lowest BCUT2D eigenvalue weighted by Gasteiger charge is -2.32. The van der Waals surface area contributed by atoms with E-state index in [9.17, 15) is 14.5 Å². The number of carbonyl (C=O) groups is 1. The van der Waals surface area contributed by atoms with Crippen LogP contribution in [0.3, 0.4) is 0 Å². The SMILES string of the molecule is C=C[C@]1(COP(=O)(NC(C)C(=O)OC(C)C)Oc2ccccc2)O[C@@H](N2C=CC(N)=NC2=C)[C@H](F)[C@@H]1O. The normalized spacial score (nSPS) is 27.9. The van der Waals surface area contributed by atoms with Crippen molar-refractivity contribution in [3.8, 4) is 5.75 Å². The lowest BCUT2D eigenvalue weighted by atomic mass is 9.97. The molecule has 2 unspecified atom stereocenters. The second kappa shape index (κ2) is 11.6. The van der Waals surface area contributed by atoms with Crippen LogP contribution in [0.2, 0.25) is 0 Å². The number of amidine groups is 1. The van der Waals surface area contributed by atoms with E-state index in [-0.39, 0.29) is 17.4 Å². The van der Waals surface area contributed by atoms with Crippen molar-refractivity contribution < 1.29 is 37.4 Å². The number of nitrogens with one attached hydrogen (secondary N) is 1. The third-order valence-electron chi connectivity index (χ3n) is 5.48. The van der Waals surface area contributed by atoms with E-state index >= 15 is 4.39 Å². The zero-order valence-electron chi connectivity index (χ0n) is 20.8. The van der Waals surface area contributed by atoms with E-state index in [1.807, 2.05) is 0 Å². The fourth-order valence-corrected chi connectivity index (χ4v) is 5.11. The van der Waals surface area contributed by atoms with Crippen LogP contribution in [0.5, 0.6) is 5.75 Å². The Morgan fingerprint density at radius 2 is 2.08 bits per heavy atom. The van der Waals surface area contributed by atoms with Crippen molar-refractivity contribution in [2.45, 2.75) is 57.0 Å². The third-order valence-corrected chi connectivity index (χ3v) is 7.11. The minimum atomic E-state index is -4.32. The molecule has 13 heteroatoms. The number of esters is 1. The Morgan fingerprint density at radius 3 is 2.68 bits per heavy atom. The number of aliphatic hydroxyl groups excluding tert-OH is 1. The largest absolute Gasteiger partial charge is 0.462 e. The van der Waals surface area contributed by atoms with Crippen LogP contribution in [0.4, 0.5) is 4.39 Å². The van der Waals surface area contributed by atoms with Gasteiger partial charge >= 0.3 is 13.7 Å². The Hall–Kier alpha value is -3.02. The summed E-state index contributed by atoms with van der Waals surface area (Å²) in [6, 6.07) is 7.00. The predicted molar refractivity (Wildman–Crippen MR) is 135 cm³/mol. The fourth-order valence-electron chi connectivity index (χ4n) is 3.58. The van der Waals surface area contributed by atoms with Crippen LogP contribution in [0.15, 0.2) is 72.7 Å². The van der Waals surface area contributed by atoms with Gasteiger partial charge in [0.2, 0.25) is 0 Å². The third kappa shape index (κ3) is 6.65. The molecule has 0 amide bonds. The molecule has 2 heterocycles. The summed E-state index contributed by atoms with van der Waals surface area (Å²) in [6.45, 7) is 11.5. The first-order valence-electron chi connectivity index (χ1n) is 11.5. The minimum Gasteiger partial charge on any atom is -0.462 e. The molecule has 0 aliphatic carbocycles. The van der Waals surface area contributed by atoms with Crippen molar-refractivity contribution in [2.24, 2.45) is 10.7 Å². The quantitative estimate of drug-likeness (QED) is 0.218.